The molecule has 0 fully saturated rings. The molecule has 0 heterocycles. The maximum Gasteiger partial charge on any atom is 0.472 e. The average molecular weight is 869 g/mol. The van der Waals surface area contributed by atoms with E-state index in [1.165, 1.54) is 128 Å². The van der Waals surface area contributed by atoms with Crippen LogP contribution in [0.2, 0.25) is 0 Å². The van der Waals surface area contributed by atoms with Gasteiger partial charge in [0.05, 0.1) is 27.7 Å². The van der Waals surface area contributed by atoms with Crippen molar-refractivity contribution in [3.63, 3.8) is 0 Å². The van der Waals surface area contributed by atoms with Gasteiger partial charge in [-0.2, -0.15) is 0 Å². The van der Waals surface area contributed by atoms with Crippen LogP contribution in [0.3, 0.4) is 0 Å². The highest BCUT2D eigenvalue weighted by atomic mass is 31.2. The number of ether oxygens (including phenoxy) is 2. The summed E-state index contributed by atoms with van der Waals surface area (Å²) >= 11 is 0. The van der Waals surface area contributed by atoms with Crippen LogP contribution < -0.4 is 0 Å². The Morgan fingerprint density at radius 1 is 0.517 bits per heavy atom. The molecule has 60 heavy (non-hydrogen) atoms. The predicted octanol–water partition coefficient (Wildman–Crippen LogP) is 14.5. The van der Waals surface area contributed by atoms with Crippen molar-refractivity contribution in [1.29, 1.82) is 0 Å². The van der Waals surface area contributed by atoms with E-state index in [9.17, 15) is 19.0 Å². The molecule has 0 aliphatic rings. The largest absolute Gasteiger partial charge is 0.472 e. The van der Waals surface area contributed by atoms with E-state index in [0.717, 1.165) is 51.4 Å². The number of carbonyl (C=O) groups excluding carboxylic acids is 2. The summed E-state index contributed by atoms with van der Waals surface area (Å²) in [4.78, 5) is 35.5. The molecule has 0 aliphatic carbocycles. The normalized spacial score (nSPS) is 13.8. The maximum atomic E-state index is 12.7. The van der Waals surface area contributed by atoms with Crippen LogP contribution >= 0.6 is 7.82 Å². The fourth-order valence-electron chi connectivity index (χ4n) is 6.79. The van der Waals surface area contributed by atoms with E-state index in [0.29, 0.717) is 23.9 Å². The van der Waals surface area contributed by atoms with Gasteiger partial charge in [-0.1, -0.05) is 192 Å². The number of rotatable bonds is 45. The van der Waals surface area contributed by atoms with Gasteiger partial charge in [-0.25, -0.2) is 4.57 Å². The van der Waals surface area contributed by atoms with Crippen molar-refractivity contribution < 1.29 is 42.1 Å². The molecule has 1 N–H and O–H groups in total. The van der Waals surface area contributed by atoms with Crippen molar-refractivity contribution in [1.82, 2.24) is 0 Å². The lowest BCUT2D eigenvalue weighted by atomic mass is 10.0. The molecule has 0 aromatic carbocycles. The van der Waals surface area contributed by atoms with Crippen molar-refractivity contribution >= 4 is 19.8 Å². The standard InChI is InChI=1S/C50H94NO8P/c1-6-8-10-12-14-16-18-20-22-24-25-27-29-31-33-35-37-39-41-43-50(53)59-48(47-58-60(54,55)57-45-44-51(3,4)5)46-56-49(52)42-40-38-36-34-32-30-28-26-23-21-19-17-15-13-11-9-7-2/h15,17,21,23,28,30,48H,6-14,16,18-20,22,24-27,29,31-47H2,1-5H3/p+1/b17-15+,23-21+,30-28+/t48-/m1/s1. The monoisotopic (exact) mass is 869 g/mol. The Hall–Kier alpha value is -1.77. The van der Waals surface area contributed by atoms with Crippen molar-refractivity contribution in [3.05, 3.63) is 36.5 Å². The molecule has 0 aromatic rings. The molecule has 0 aromatic heterocycles. The van der Waals surface area contributed by atoms with Crippen molar-refractivity contribution in [2.75, 3.05) is 47.5 Å². The molecule has 9 nitrogen and oxygen atoms in total. The summed E-state index contributed by atoms with van der Waals surface area (Å²) < 4.78 is 34.4. The second-order valence-corrected chi connectivity index (χ2v) is 19.3. The van der Waals surface area contributed by atoms with Crippen LogP contribution in [-0.2, 0) is 32.7 Å². The van der Waals surface area contributed by atoms with Gasteiger partial charge >= 0.3 is 19.8 Å². The number of phosphoric ester groups is 1. The number of allylic oxidation sites excluding steroid dienone is 6. The number of phosphoric acid groups is 1. The highest BCUT2D eigenvalue weighted by molar-refractivity contribution is 7.47. The minimum absolute atomic E-state index is 0.0289. The molecule has 0 aliphatic heterocycles. The molecule has 10 heteroatoms. The smallest absolute Gasteiger partial charge is 0.462 e. The SMILES string of the molecule is CCCCC/C=C/C/C=C/C/C=C/CCCCCCC(=O)OC[C@H](COP(=O)(O)OCC[N+](C)(C)C)OC(=O)CCCCCCCCCCCCCCCCCCCCC. The maximum absolute atomic E-state index is 12.7. The Bertz CT molecular complexity index is 1120. The summed E-state index contributed by atoms with van der Waals surface area (Å²) in [6.07, 6.45) is 49.0. The van der Waals surface area contributed by atoms with Crippen LogP contribution in [0.4, 0.5) is 0 Å². The van der Waals surface area contributed by atoms with Crippen molar-refractivity contribution in [2.24, 2.45) is 0 Å². The van der Waals surface area contributed by atoms with Crippen molar-refractivity contribution in [2.45, 2.75) is 225 Å². The minimum atomic E-state index is -4.38. The van der Waals surface area contributed by atoms with Crippen LogP contribution in [0.5, 0.6) is 0 Å². The van der Waals surface area contributed by atoms with Gasteiger partial charge in [0.2, 0.25) is 0 Å². The summed E-state index contributed by atoms with van der Waals surface area (Å²) in [6.45, 7) is 4.40. The molecule has 2 atom stereocenters. The number of nitrogens with zero attached hydrogens (tertiary/aromatic N) is 1. The van der Waals surface area contributed by atoms with Crippen LogP contribution in [0, 0.1) is 0 Å². The van der Waals surface area contributed by atoms with Gasteiger partial charge in [0.1, 0.15) is 19.8 Å². The molecular formula is C50H95NO8P+. The van der Waals surface area contributed by atoms with Crippen LogP contribution in [-0.4, -0.2) is 74.9 Å². The zero-order valence-electron chi connectivity index (χ0n) is 39.7. The zero-order valence-corrected chi connectivity index (χ0v) is 40.6. The molecule has 0 radical (unpaired) electrons. The number of carbonyl (C=O) groups is 2. The first-order valence-electron chi connectivity index (χ1n) is 24.7. The first-order chi connectivity index (χ1) is 29.0. The predicted molar refractivity (Wildman–Crippen MR) is 252 cm³/mol. The molecule has 0 bridgehead atoms. The Labute approximate surface area is 370 Å². The van der Waals surface area contributed by atoms with E-state index in [-0.39, 0.29) is 32.0 Å². The van der Waals surface area contributed by atoms with Crippen LogP contribution in [0.15, 0.2) is 36.5 Å². The quantitative estimate of drug-likeness (QED) is 0.0212. The fraction of sp³-hybridized carbons (Fsp3) is 0.840. The molecule has 0 spiro atoms. The summed E-state index contributed by atoms with van der Waals surface area (Å²) in [5.41, 5.74) is 0. The minimum Gasteiger partial charge on any atom is -0.462 e. The Morgan fingerprint density at radius 3 is 1.37 bits per heavy atom. The van der Waals surface area contributed by atoms with Gasteiger partial charge in [-0.3, -0.25) is 18.6 Å². The first-order valence-corrected chi connectivity index (χ1v) is 26.2. The summed E-state index contributed by atoms with van der Waals surface area (Å²) in [5, 5.41) is 0. The van der Waals surface area contributed by atoms with Gasteiger partial charge in [-0.05, 0) is 51.4 Å². The van der Waals surface area contributed by atoms with Crippen molar-refractivity contribution in [3.8, 4) is 0 Å². The number of hydrogen-bond donors (Lipinski definition) is 1. The lowest BCUT2D eigenvalue weighted by Crippen LogP contribution is -2.37. The number of likely N-dealkylation sites (N-methyl/N-ethyl adjacent to an activating group) is 1. The second kappa shape index (κ2) is 42.5. The van der Waals surface area contributed by atoms with E-state index >= 15 is 0 Å². The Morgan fingerprint density at radius 2 is 0.900 bits per heavy atom. The number of hydrogen-bond acceptors (Lipinski definition) is 7. The van der Waals surface area contributed by atoms with Gasteiger partial charge in [0.25, 0.3) is 0 Å². The topological polar surface area (TPSA) is 108 Å². The van der Waals surface area contributed by atoms with E-state index in [2.05, 4.69) is 50.3 Å². The van der Waals surface area contributed by atoms with Crippen LogP contribution in [0.1, 0.15) is 219 Å². The third kappa shape index (κ3) is 45.7. The third-order valence-electron chi connectivity index (χ3n) is 10.7. The summed E-state index contributed by atoms with van der Waals surface area (Å²) in [7, 11) is 1.47. The van der Waals surface area contributed by atoms with E-state index < -0.39 is 26.5 Å². The summed E-state index contributed by atoms with van der Waals surface area (Å²) in [5.74, 6) is -0.815. The molecular weight excluding hydrogens is 774 g/mol. The average Bonchev–Trinajstić information content (AvgIpc) is 3.20. The number of quaternary nitrogens is 1. The van der Waals surface area contributed by atoms with Crippen LogP contribution in [0.25, 0.3) is 0 Å². The second-order valence-electron chi connectivity index (χ2n) is 17.9. The molecule has 0 saturated heterocycles. The highest BCUT2D eigenvalue weighted by Gasteiger charge is 2.27. The van der Waals surface area contributed by atoms with E-state index in [1.807, 2.05) is 21.1 Å². The number of esters is 2. The Balaban J connectivity index is 4.30. The fourth-order valence-corrected chi connectivity index (χ4v) is 7.53. The highest BCUT2D eigenvalue weighted by Crippen LogP contribution is 2.43. The Kier molecular flexibility index (Phi) is 41.3. The lowest BCUT2D eigenvalue weighted by Gasteiger charge is -2.24. The third-order valence-corrected chi connectivity index (χ3v) is 11.7. The molecule has 0 amide bonds. The lowest BCUT2D eigenvalue weighted by molar-refractivity contribution is -0.870. The first kappa shape index (κ1) is 58.2. The van der Waals surface area contributed by atoms with Gasteiger partial charge in [-0.15, -0.1) is 0 Å². The van der Waals surface area contributed by atoms with E-state index in [4.69, 9.17) is 18.5 Å². The summed E-state index contributed by atoms with van der Waals surface area (Å²) in [6, 6.07) is 0. The number of unbranched alkanes of at least 4 members (excludes halogenated alkanes) is 25. The van der Waals surface area contributed by atoms with Gasteiger partial charge < -0.3 is 18.9 Å². The zero-order chi connectivity index (χ0) is 44.3. The molecule has 1 unspecified atom stereocenters. The van der Waals surface area contributed by atoms with Gasteiger partial charge in [0.15, 0.2) is 6.10 Å². The van der Waals surface area contributed by atoms with E-state index in [1.54, 1.807) is 0 Å². The van der Waals surface area contributed by atoms with Gasteiger partial charge in [0, 0.05) is 12.8 Å². The molecule has 0 saturated carbocycles. The molecule has 0 rings (SSSR count). The molecule has 352 valence electrons.